The summed E-state index contributed by atoms with van der Waals surface area (Å²) in [5.74, 6) is -0.0541. The van der Waals surface area contributed by atoms with Crippen LogP contribution in [0.2, 0.25) is 0 Å². The van der Waals surface area contributed by atoms with E-state index in [1.54, 1.807) is 12.4 Å². The zero-order chi connectivity index (χ0) is 21.5. The van der Waals surface area contributed by atoms with Crippen molar-refractivity contribution in [2.24, 2.45) is 0 Å². The summed E-state index contributed by atoms with van der Waals surface area (Å²) in [6.45, 7) is 5.68. The molecule has 1 unspecified atom stereocenters. The third-order valence-corrected chi connectivity index (χ3v) is 6.10. The molecule has 1 spiro atoms. The van der Waals surface area contributed by atoms with E-state index in [0.29, 0.717) is 45.2 Å². The Morgan fingerprint density at radius 3 is 2.71 bits per heavy atom. The lowest BCUT2D eigenvalue weighted by atomic mass is 9.83. The quantitative estimate of drug-likeness (QED) is 0.635. The van der Waals surface area contributed by atoms with Crippen LogP contribution in [0.25, 0.3) is 0 Å². The first kappa shape index (κ1) is 21.9. The number of likely N-dealkylation sites (tertiary alicyclic amines) is 1. The summed E-state index contributed by atoms with van der Waals surface area (Å²) in [5, 5.41) is 0. The Morgan fingerprint density at radius 1 is 1.16 bits per heavy atom. The van der Waals surface area contributed by atoms with Crippen molar-refractivity contribution in [1.82, 2.24) is 14.9 Å². The molecule has 0 bridgehead atoms. The molecule has 1 aromatic carbocycles. The standard InChI is InChI=1S/C24H31N3O4/c1-19-16-26-22(17-25-19)23(28)27-10-8-24(9-11-27)15-21(7-12-31-24)30-14-13-29-18-20-5-3-2-4-6-20/h2-6,16-17,21H,7-15,18H2,1H3. The van der Waals surface area contributed by atoms with Gasteiger partial charge in [0, 0.05) is 32.3 Å². The SMILES string of the molecule is Cc1cnc(C(=O)N2CCC3(CC2)CC(OCCOCc2ccccc2)CCO3)cn1. The van der Waals surface area contributed by atoms with Crippen LogP contribution in [0.4, 0.5) is 0 Å². The van der Waals surface area contributed by atoms with Gasteiger partial charge >= 0.3 is 0 Å². The maximum absolute atomic E-state index is 12.7. The predicted octanol–water partition coefficient (Wildman–Crippen LogP) is 3.17. The fourth-order valence-electron chi connectivity index (χ4n) is 4.29. The summed E-state index contributed by atoms with van der Waals surface area (Å²) in [6.07, 6.45) is 6.79. The molecule has 0 saturated carbocycles. The van der Waals surface area contributed by atoms with Crippen molar-refractivity contribution in [3.8, 4) is 0 Å². The van der Waals surface area contributed by atoms with Gasteiger partial charge in [-0.2, -0.15) is 0 Å². The van der Waals surface area contributed by atoms with Crippen molar-refractivity contribution in [1.29, 1.82) is 0 Å². The van der Waals surface area contributed by atoms with E-state index >= 15 is 0 Å². The van der Waals surface area contributed by atoms with Crippen LogP contribution in [0.1, 0.15) is 47.4 Å². The zero-order valence-electron chi connectivity index (χ0n) is 18.2. The fraction of sp³-hybridized carbons (Fsp3) is 0.542. The fourth-order valence-corrected chi connectivity index (χ4v) is 4.29. The minimum Gasteiger partial charge on any atom is -0.376 e. The zero-order valence-corrected chi connectivity index (χ0v) is 18.2. The number of aryl methyl sites for hydroxylation is 1. The van der Waals surface area contributed by atoms with E-state index < -0.39 is 0 Å². The summed E-state index contributed by atoms with van der Waals surface area (Å²) in [4.78, 5) is 23.0. The van der Waals surface area contributed by atoms with Crippen LogP contribution in [0.15, 0.2) is 42.7 Å². The molecule has 7 heteroatoms. The normalized spacial score (nSPS) is 20.7. The van der Waals surface area contributed by atoms with Crippen LogP contribution in [-0.2, 0) is 20.8 Å². The Bertz CT molecular complexity index is 836. The number of ether oxygens (including phenoxy) is 3. The van der Waals surface area contributed by atoms with Crippen molar-refractivity contribution in [2.75, 3.05) is 32.9 Å². The average Bonchev–Trinajstić information content (AvgIpc) is 2.80. The third kappa shape index (κ3) is 5.87. The molecule has 1 amide bonds. The lowest BCUT2D eigenvalue weighted by Crippen LogP contribution is -2.52. The summed E-state index contributed by atoms with van der Waals surface area (Å²) in [5.41, 5.74) is 2.19. The van der Waals surface area contributed by atoms with Crippen molar-refractivity contribution in [3.05, 3.63) is 59.7 Å². The number of amides is 1. The molecule has 31 heavy (non-hydrogen) atoms. The molecule has 7 nitrogen and oxygen atoms in total. The molecule has 2 aliphatic rings. The number of hydrogen-bond donors (Lipinski definition) is 0. The minimum atomic E-state index is -0.191. The number of nitrogens with zero attached hydrogens (tertiary/aromatic N) is 3. The highest BCUT2D eigenvalue weighted by atomic mass is 16.5. The van der Waals surface area contributed by atoms with Gasteiger partial charge in [-0.05, 0) is 31.7 Å². The summed E-state index contributed by atoms with van der Waals surface area (Å²) < 4.78 is 18.0. The maximum Gasteiger partial charge on any atom is 0.274 e. The van der Waals surface area contributed by atoms with E-state index in [2.05, 4.69) is 22.1 Å². The molecule has 4 rings (SSSR count). The number of carbonyl (C=O) groups excluding carboxylic acids is 1. The van der Waals surface area contributed by atoms with E-state index in [9.17, 15) is 4.79 Å². The monoisotopic (exact) mass is 425 g/mol. The summed E-state index contributed by atoms with van der Waals surface area (Å²) in [7, 11) is 0. The van der Waals surface area contributed by atoms with Crippen LogP contribution in [0, 0.1) is 6.92 Å². The molecule has 2 aromatic rings. The van der Waals surface area contributed by atoms with Crippen LogP contribution >= 0.6 is 0 Å². The van der Waals surface area contributed by atoms with Gasteiger partial charge in [0.2, 0.25) is 0 Å². The highest BCUT2D eigenvalue weighted by Gasteiger charge is 2.41. The van der Waals surface area contributed by atoms with Crippen molar-refractivity contribution in [2.45, 2.75) is 50.9 Å². The van der Waals surface area contributed by atoms with Crippen LogP contribution in [-0.4, -0.2) is 65.4 Å². The Kier molecular flexibility index (Phi) is 7.27. The van der Waals surface area contributed by atoms with Crippen molar-refractivity contribution < 1.29 is 19.0 Å². The molecule has 0 radical (unpaired) electrons. The number of piperidine rings is 1. The molecular formula is C24H31N3O4. The molecule has 1 aromatic heterocycles. The second-order valence-electron chi connectivity index (χ2n) is 8.39. The number of carbonyl (C=O) groups is 1. The third-order valence-electron chi connectivity index (χ3n) is 6.10. The molecule has 3 heterocycles. The summed E-state index contributed by atoms with van der Waals surface area (Å²) in [6, 6.07) is 10.2. The molecule has 166 valence electrons. The topological polar surface area (TPSA) is 73.8 Å². The second-order valence-corrected chi connectivity index (χ2v) is 8.39. The largest absolute Gasteiger partial charge is 0.376 e. The van der Waals surface area contributed by atoms with E-state index in [1.807, 2.05) is 30.0 Å². The molecular weight excluding hydrogens is 394 g/mol. The Hall–Kier alpha value is -2.35. The Balaban J connectivity index is 1.19. The van der Waals surface area contributed by atoms with E-state index in [1.165, 1.54) is 5.56 Å². The minimum absolute atomic E-state index is 0.0541. The molecule has 0 aliphatic carbocycles. The van der Waals surface area contributed by atoms with Crippen LogP contribution in [0.3, 0.4) is 0 Å². The van der Waals surface area contributed by atoms with Gasteiger partial charge in [0.25, 0.3) is 5.91 Å². The highest BCUT2D eigenvalue weighted by molar-refractivity contribution is 5.92. The maximum atomic E-state index is 12.7. The second kappa shape index (κ2) is 10.3. The number of rotatable bonds is 7. The Morgan fingerprint density at radius 2 is 1.97 bits per heavy atom. The Labute approximate surface area is 183 Å². The molecule has 1 atom stereocenters. The van der Waals surface area contributed by atoms with E-state index in [0.717, 1.165) is 31.4 Å². The first-order valence-electron chi connectivity index (χ1n) is 11.1. The molecule has 2 fully saturated rings. The van der Waals surface area contributed by atoms with Gasteiger partial charge in [0.05, 0.1) is 43.4 Å². The lowest BCUT2D eigenvalue weighted by Gasteiger charge is -2.46. The lowest BCUT2D eigenvalue weighted by molar-refractivity contribution is -0.155. The van der Waals surface area contributed by atoms with Crippen LogP contribution < -0.4 is 0 Å². The number of benzene rings is 1. The first-order chi connectivity index (χ1) is 15.1. The van der Waals surface area contributed by atoms with E-state index in [4.69, 9.17) is 14.2 Å². The average molecular weight is 426 g/mol. The van der Waals surface area contributed by atoms with Gasteiger partial charge in [-0.1, -0.05) is 30.3 Å². The van der Waals surface area contributed by atoms with Crippen molar-refractivity contribution in [3.63, 3.8) is 0 Å². The molecule has 2 aliphatic heterocycles. The van der Waals surface area contributed by atoms with Gasteiger partial charge in [-0.3, -0.25) is 9.78 Å². The highest BCUT2D eigenvalue weighted by Crippen LogP contribution is 2.36. The summed E-state index contributed by atoms with van der Waals surface area (Å²) >= 11 is 0. The predicted molar refractivity (Wildman–Crippen MR) is 116 cm³/mol. The number of aromatic nitrogens is 2. The molecule has 2 saturated heterocycles. The van der Waals surface area contributed by atoms with Crippen molar-refractivity contribution >= 4 is 5.91 Å². The smallest absolute Gasteiger partial charge is 0.274 e. The van der Waals surface area contributed by atoms with Gasteiger partial charge in [-0.25, -0.2) is 4.98 Å². The van der Waals surface area contributed by atoms with E-state index in [-0.39, 0.29) is 17.6 Å². The molecule has 0 N–H and O–H groups in total. The van der Waals surface area contributed by atoms with Gasteiger partial charge in [0.1, 0.15) is 5.69 Å². The van der Waals surface area contributed by atoms with Crippen LogP contribution in [0.5, 0.6) is 0 Å². The number of hydrogen-bond acceptors (Lipinski definition) is 6. The van der Waals surface area contributed by atoms with Gasteiger partial charge in [0.15, 0.2) is 0 Å². The van der Waals surface area contributed by atoms with Gasteiger partial charge < -0.3 is 19.1 Å². The van der Waals surface area contributed by atoms with Gasteiger partial charge in [-0.15, -0.1) is 0 Å². The first-order valence-corrected chi connectivity index (χ1v) is 11.1.